The fraction of sp³-hybridized carbons (Fsp3) is 0.130. The van der Waals surface area contributed by atoms with Crippen LogP contribution in [0.4, 0.5) is 10.1 Å². The Hall–Kier alpha value is -3.42. The van der Waals surface area contributed by atoms with Crippen molar-refractivity contribution in [2.45, 2.75) is 13.2 Å². The summed E-state index contributed by atoms with van der Waals surface area (Å²) in [7, 11) is 0. The van der Waals surface area contributed by atoms with Crippen molar-refractivity contribution in [3.8, 4) is 17.0 Å². The van der Waals surface area contributed by atoms with Crippen LogP contribution < -0.4 is 15.6 Å². The summed E-state index contributed by atoms with van der Waals surface area (Å²) >= 11 is 6.24. The number of aromatic nitrogens is 2. The van der Waals surface area contributed by atoms with Gasteiger partial charge in [-0.3, -0.25) is 4.79 Å². The van der Waals surface area contributed by atoms with E-state index >= 15 is 0 Å². The molecule has 0 amide bonds. The van der Waals surface area contributed by atoms with E-state index in [1.54, 1.807) is 24.3 Å². The number of benzene rings is 3. The van der Waals surface area contributed by atoms with Gasteiger partial charge in [0.1, 0.15) is 17.3 Å². The number of aromatic amines is 1. The summed E-state index contributed by atoms with van der Waals surface area (Å²) < 4.78 is 25.1. The molecule has 0 saturated carbocycles. The molecule has 0 bridgehead atoms. The SMILES string of the molecule is O=c1[nH]c2ccccc2nc1-c1cc(F)ccc1NCc1cc(Cl)cc2c1OCOC2. The maximum atomic E-state index is 14.1. The first-order chi connectivity index (χ1) is 15.1. The highest BCUT2D eigenvalue weighted by Gasteiger charge is 2.18. The normalized spacial score (nSPS) is 13.0. The van der Waals surface area contributed by atoms with E-state index in [-0.39, 0.29) is 12.5 Å². The Labute approximate surface area is 181 Å². The lowest BCUT2D eigenvalue weighted by molar-refractivity contribution is -0.0169. The Morgan fingerprint density at radius 1 is 1.16 bits per heavy atom. The second-order valence-electron chi connectivity index (χ2n) is 7.14. The van der Waals surface area contributed by atoms with E-state index in [1.807, 2.05) is 18.2 Å². The zero-order valence-electron chi connectivity index (χ0n) is 16.2. The number of H-pyrrole nitrogens is 1. The number of hydrogen-bond donors (Lipinski definition) is 2. The van der Waals surface area contributed by atoms with Gasteiger partial charge in [-0.05, 0) is 42.5 Å². The van der Waals surface area contributed by atoms with Crippen molar-refractivity contribution in [3.05, 3.63) is 86.9 Å². The van der Waals surface area contributed by atoms with Crippen LogP contribution in [0.25, 0.3) is 22.3 Å². The summed E-state index contributed by atoms with van der Waals surface area (Å²) in [6, 6.07) is 15.0. The number of anilines is 1. The van der Waals surface area contributed by atoms with E-state index in [0.29, 0.717) is 46.2 Å². The maximum Gasteiger partial charge on any atom is 0.275 e. The molecule has 0 spiro atoms. The highest BCUT2D eigenvalue weighted by molar-refractivity contribution is 6.30. The molecule has 0 radical (unpaired) electrons. The lowest BCUT2D eigenvalue weighted by Gasteiger charge is -2.22. The molecule has 8 heteroatoms. The molecule has 1 aliphatic rings. The van der Waals surface area contributed by atoms with Gasteiger partial charge in [-0.1, -0.05) is 23.7 Å². The van der Waals surface area contributed by atoms with Crippen molar-refractivity contribution >= 4 is 28.3 Å². The van der Waals surface area contributed by atoms with Crippen molar-refractivity contribution in [2.24, 2.45) is 0 Å². The number of fused-ring (bicyclic) bond motifs is 2. The van der Waals surface area contributed by atoms with Gasteiger partial charge in [-0.2, -0.15) is 0 Å². The molecule has 0 atom stereocenters. The monoisotopic (exact) mass is 437 g/mol. The molecule has 1 aromatic heterocycles. The zero-order valence-corrected chi connectivity index (χ0v) is 17.0. The molecule has 2 heterocycles. The summed E-state index contributed by atoms with van der Waals surface area (Å²) in [6.07, 6.45) is 0. The van der Waals surface area contributed by atoms with Gasteiger partial charge in [-0.25, -0.2) is 9.37 Å². The molecule has 156 valence electrons. The topological polar surface area (TPSA) is 76.2 Å². The molecule has 0 unspecified atom stereocenters. The Morgan fingerprint density at radius 3 is 2.94 bits per heavy atom. The van der Waals surface area contributed by atoms with E-state index in [0.717, 1.165) is 11.1 Å². The van der Waals surface area contributed by atoms with Crippen LogP contribution in [0, 0.1) is 5.82 Å². The van der Waals surface area contributed by atoms with E-state index < -0.39 is 11.4 Å². The van der Waals surface area contributed by atoms with E-state index in [2.05, 4.69) is 15.3 Å². The third-order valence-corrected chi connectivity index (χ3v) is 5.28. The largest absolute Gasteiger partial charge is 0.467 e. The molecule has 2 N–H and O–H groups in total. The number of ether oxygens (including phenoxy) is 2. The summed E-state index contributed by atoms with van der Waals surface area (Å²) in [5.41, 5.74) is 3.61. The molecule has 5 rings (SSSR count). The fourth-order valence-corrected chi connectivity index (χ4v) is 3.92. The van der Waals surface area contributed by atoms with Gasteiger partial charge >= 0.3 is 0 Å². The first-order valence-electron chi connectivity index (χ1n) is 9.63. The van der Waals surface area contributed by atoms with Gasteiger partial charge < -0.3 is 19.8 Å². The van der Waals surface area contributed by atoms with Gasteiger partial charge in [0.2, 0.25) is 0 Å². The minimum atomic E-state index is -0.462. The summed E-state index contributed by atoms with van der Waals surface area (Å²) in [5, 5.41) is 3.84. The molecular weight excluding hydrogens is 421 g/mol. The highest BCUT2D eigenvalue weighted by Crippen LogP contribution is 2.33. The van der Waals surface area contributed by atoms with Crippen LogP contribution in [0.3, 0.4) is 0 Å². The zero-order chi connectivity index (χ0) is 21.4. The van der Waals surface area contributed by atoms with Gasteiger partial charge in [0.25, 0.3) is 5.56 Å². The number of rotatable bonds is 4. The number of halogens is 2. The van der Waals surface area contributed by atoms with E-state index in [4.69, 9.17) is 21.1 Å². The molecular formula is C23H17ClFN3O3. The molecule has 31 heavy (non-hydrogen) atoms. The van der Waals surface area contributed by atoms with Crippen molar-refractivity contribution < 1.29 is 13.9 Å². The second kappa shape index (κ2) is 8.02. The van der Waals surface area contributed by atoms with E-state index in [9.17, 15) is 9.18 Å². The quantitative estimate of drug-likeness (QED) is 0.476. The van der Waals surface area contributed by atoms with Crippen LogP contribution in [0.5, 0.6) is 5.75 Å². The first-order valence-corrected chi connectivity index (χ1v) is 10.0. The second-order valence-corrected chi connectivity index (χ2v) is 7.58. The van der Waals surface area contributed by atoms with Crippen LogP contribution in [0.2, 0.25) is 5.02 Å². The van der Waals surface area contributed by atoms with Crippen LogP contribution in [-0.2, 0) is 17.9 Å². The average Bonchev–Trinajstić information content (AvgIpc) is 2.77. The lowest BCUT2D eigenvalue weighted by Crippen LogP contribution is -2.15. The fourth-order valence-electron chi connectivity index (χ4n) is 3.66. The third-order valence-electron chi connectivity index (χ3n) is 5.06. The Bertz CT molecular complexity index is 1360. The molecule has 6 nitrogen and oxygen atoms in total. The maximum absolute atomic E-state index is 14.1. The van der Waals surface area contributed by atoms with Crippen LogP contribution in [0.1, 0.15) is 11.1 Å². The molecule has 4 aromatic rings. The minimum absolute atomic E-state index is 0.137. The summed E-state index contributed by atoms with van der Waals surface area (Å²) in [5.74, 6) is 0.254. The number of hydrogen-bond acceptors (Lipinski definition) is 5. The van der Waals surface area contributed by atoms with Gasteiger partial charge in [0, 0.05) is 33.9 Å². The Balaban J connectivity index is 1.54. The van der Waals surface area contributed by atoms with E-state index in [1.165, 1.54) is 12.1 Å². The molecule has 0 fully saturated rings. The molecule has 1 aliphatic heterocycles. The number of para-hydroxylation sites is 2. The molecule has 3 aromatic carbocycles. The third kappa shape index (κ3) is 3.85. The Kier molecular flexibility index (Phi) is 5.05. The highest BCUT2D eigenvalue weighted by atomic mass is 35.5. The van der Waals surface area contributed by atoms with Crippen LogP contribution in [0.15, 0.2) is 59.4 Å². The predicted molar refractivity (Wildman–Crippen MR) is 117 cm³/mol. The van der Waals surface area contributed by atoms with Gasteiger partial charge in [-0.15, -0.1) is 0 Å². The van der Waals surface area contributed by atoms with Crippen molar-refractivity contribution in [1.29, 1.82) is 0 Å². The van der Waals surface area contributed by atoms with Gasteiger partial charge in [0.15, 0.2) is 6.79 Å². The first kappa shape index (κ1) is 19.5. The lowest BCUT2D eigenvalue weighted by atomic mass is 10.1. The number of nitrogens with one attached hydrogen (secondary N) is 2. The predicted octanol–water partition coefficient (Wildman–Crippen LogP) is 4.86. The smallest absolute Gasteiger partial charge is 0.275 e. The van der Waals surface area contributed by atoms with Gasteiger partial charge in [0.05, 0.1) is 17.6 Å². The van der Waals surface area contributed by atoms with Crippen LogP contribution >= 0.6 is 11.6 Å². The Morgan fingerprint density at radius 2 is 2.03 bits per heavy atom. The number of nitrogens with zero attached hydrogens (tertiary/aromatic N) is 1. The van der Waals surface area contributed by atoms with Crippen molar-refractivity contribution in [3.63, 3.8) is 0 Å². The van der Waals surface area contributed by atoms with Crippen molar-refractivity contribution in [1.82, 2.24) is 9.97 Å². The van der Waals surface area contributed by atoms with Crippen LogP contribution in [-0.4, -0.2) is 16.8 Å². The summed E-state index contributed by atoms with van der Waals surface area (Å²) in [6.45, 7) is 0.938. The molecule has 0 aliphatic carbocycles. The standard InChI is InChI=1S/C23H17ClFN3O3/c24-15-7-13(22-14(8-15)11-30-12-31-22)10-26-18-6-5-16(25)9-17(18)21-23(29)28-20-4-2-1-3-19(20)27-21/h1-9,26H,10-12H2,(H,28,29). The average molecular weight is 438 g/mol. The minimum Gasteiger partial charge on any atom is -0.467 e. The van der Waals surface area contributed by atoms with Crippen molar-refractivity contribution in [2.75, 3.05) is 12.1 Å². The summed E-state index contributed by atoms with van der Waals surface area (Å²) in [4.78, 5) is 20.0. The molecule has 0 saturated heterocycles.